The van der Waals surface area contributed by atoms with E-state index in [1.807, 2.05) is 39.5 Å². The van der Waals surface area contributed by atoms with Crippen LogP contribution >= 0.6 is 11.8 Å². The molecule has 1 fully saturated rings. The minimum Gasteiger partial charge on any atom is -0.350 e. The summed E-state index contributed by atoms with van der Waals surface area (Å²) in [5.74, 6) is 2.55. The molecule has 0 bridgehead atoms. The molecular weight excluding hydrogens is 246 g/mol. The van der Waals surface area contributed by atoms with Crippen LogP contribution in [0.3, 0.4) is 0 Å². The molecule has 1 atom stereocenters. The summed E-state index contributed by atoms with van der Waals surface area (Å²) < 4.78 is 0. The predicted octanol–water partition coefficient (Wildman–Crippen LogP) is 0.928. The van der Waals surface area contributed by atoms with Gasteiger partial charge in [-0.05, 0) is 27.7 Å². The fourth-order valence-corrected chi connectivity index (χ4v) is 2.81. The SMILES string of the molecule is CC(NCCN1CCSCC1)C(=O)NC(C)(C)C. The molecule has 1 unspecified atom stereocenters. The van der Waals surface area contributed by atoms with Gasteiger partial charge < -0.3 is 15.5 Å². The molecule has 0 aromatic carbocycles. The molecule has 1 rings (SSSR count). The minimum absolute atomic E-state index is 0.0803. The lowest BCUT2D eigenvalue weighted by atomic mass is 10.1. The minimum atomic E-state index is -0.156. The second-order valence-electron chi connectivity index (χ2n) is 5.87. The van der Waals surface area contributed by atoms with Crippen LogP contribution in [0.2, 0.25) is 0 Å². The maximum absolute atomic E-state index is 11.9. The summed E-state index contributed by atoms with van der Waals surface area (Å²) in [7, 11) is 0. The average Bonchev–Trinajstić information content (AvgIpc) is 2.28. The lowest BCUT2D eigenvalue weighted by Crippen LogP contribution is -2.50. The molecule has 1 amide bonds. The van der Waals surface area contributed by atoms with Crippen LogP contribution in [-0.4, -0.2) is 60.1 Å². The van der Waals surface area contributed by atoms with Gasteiger partial charge in [0.25, 0.3) is 0 Å². The van der Waals surface area contributed by atoms with Crippen molar-refractivity contribution >= 4 is 17.7 Å². The lowest BCUT2D eigenvalue weighted by molar-refractivity contribution is -0.124. The van der Waals surface area contributed by atoms with Gasteiger partial charge in [-0.3, -0.25) is 4.79 Å². The second-order valence-corrected chi connectivity index (χ2v) is 7.09. The van der Waals surface area contributed by atoms with Gasteiger partial charge >= 0.3 is 0 Å². The Balaban J connectivity index is 2.15. The highest BCUT2D eigenvalue weighted by Crippen LogP contribution is 2.08. The summed E-state index contributed by atoms with van der Waals surface area (Å²) in [6, 6.07) is -0.122. The van der Waals surface area contributed by atoms with E-state index in [9.17, 15) is 4.79 Å². The first-order valence-electron chi connectivity index (χ1n) is 6.74. The van der Waals surface area contributed by atoms with Gasteiger partial charge in [0.2, 0.25) is 5.91 Å². The van der Waals surface area contributed by atoms with E-state index in [1.54, 1.807) is 0 Å². The standard InChI is InChI=1S/C13H27N3OS/c1-11(12(17)15-13(2,3)4)14-5-6-16-7-9-18-10-8-16/h11,14H,5-10H2,1-4H3,(H,15,17). The summed E-state index contributed by atoms with van der Waals surface area (Å²) in [5.41, 5.74) is -0.156. The topological polar surface area (TPSA) is 44.4 Å². The molecule has 0 aromatic rings. The number of carbonyl (C=O) groups excluding carboxylic acids is 1. The molecule has 0 saturated carbocycles. The van der Waals surface area contributed by atoms with Crippen LogP contribution in [0.1, 0.15) is 27.7 Å². The van der Waals surface area contributed by atoms with E-state index in [0.717, 1.165) is 13.1 Å². The van der Waals surface area contributed by atoms with Gasteiger partial charge in [-0.25, -0.2) is 0 Å². The molecule has 1 aliphatic heterocycles. The Labute approximate surface area is 115 Å². The smallest absolute Gasteiger partial charge is 0.237 e. The molecule has 106 valence electrons. The zero-order valence-electron chi connectivity index (χ0n) is 12.1. The van der Waals surface area contributed by atoms with Crippen molar-refractivity contribution in [2.75, 3.05) is 37.7 Å². The highest BCUT2D eigenvalue weighted by Gasteiger charge is 2.19. The van der Waals surface area contributed by atoms with Crippen molar-refractivity contribution in [2.45, 2.75) is 39.3 Å². The number of carbonyl (C=O) groups is 1. The molecule has 0 aliphatic carbocycles. The lowest BCUT2D eigenvalue weighted by Gasteiger charge is -2.27. The Morgan fingerprint density at radius 1 is 1.33 bits per heavy atom. The van der Waals surface area contributed by atoms with E-state index in [-0.39, 0.29) is 17.5 Å². The van der Waals surface area contributed by atoms with E-state index in [4.69, 9.17) is 0 Å². The van der Waals surface area contributed by atoms with Gasteiger partial charge in [-0.1, -0.05) is 0 Å². The van der Waals surface area contributed by atoms with Gasteiger partial charge in [0.15, 0.2) is 0 Å². The predicted molar refractivity (Wildman–Crippen MR) is 79.1 cm³/mol. The number of thioether (sulfide) groups is 1. The number of amides is 1. The molecule has 0 spiro atoms. The van der Waals surface area contributed by atoms with Crippen molar-refractivity contribution in [1.82, 2.24) is 15.5 Å². The van der Waals surface area contributed by atoms with Crippen LogP contribution in [0.15, 0.2) is 0 Å². The van der Waals surface area contributed by atoms with Crippen molar-refractivity contribution in [1.29, 1.82) is 0 Å². The summed E-state index contributed by atoms with van der Waals surface area (Å²) in [6.45, 7) is 12.2. The molecule has 1 heterocycles. The van der Waals surface area contributed by atoms with E-state index >= 15 is 0 Å². The van der Waals surface area contributed by atoms with Crippen LogP contribution in [0, 0.1) is 0 Å². The third kappa shape index (κ3) is 6.61. The van der Waals surface area contributed by atoms with Gasteiger partial charge in [-0.15, -0.1) is 0 Å². The molecule has 18 heavy (non-hydrogen) atoms. The molecule has 4 nitrogen and oxygen atoms in total. The quantitative estimate of drug-likeness (QED) is 0.782. The number of rotatable bonds is 5. The Hall–Kier alpha value is -0.260. The second kappa shape index (κ2) is 7.36. The molecule has 2 N–H and O–H groups in total. The average molecular weight is 273 g/mol. The fourth-order valence-electron chi connectivity index (χ4n) is 1.83. The highest BCUT2D eigenvalue weighted by atomic mass is 32.2. The maximum Gasteiger partial charge on any atom is 0.237 e. The number of hydrogen-bond acceptors (Lipinski definition) is 4. The number of hydrogen-bond donors (Lipinski definition) is 2. The van der Waals surface area contributed by atoms with E-state index in [2.05, 4.69) is 15.5 Å². The first kappa shape index (κ1) is 15.8. The molecular formula is C13H27N3OS. The van der Waals surface area contributed by atoms with Crippen LogP contribution in [-0.2, 0) is 4.79 Å². The Morgan fingerprint density at radius 3 is 2.50 bits per heavy atom. The summed E-state index contributed by atoms with van der Waals surface area (Å²) >= 11 is 2.02. The zero-order chi connectivity index (χ0) is 13.6. The third-order valence-electron chi connectivity index (χ3n) is 2.87. The fraction of sp³-hybridized carbons (Fsp3) is 0.923. The van der Waals surface area contributed by atoms with Crippen molar-refractivity contribution in [3.05, 3.63) is 0 Å². The molecule has 1 saturated heterocycles. The van der Waals surface area contributed by atoms with Crippen molar-refractivity contribution in [3.8, 4) is 0 Å². The summed E-state index contributed by atoms with van der Waals surface area (Å²) in [6.07, 6.45) is 0. The van der Waals surface area contributed by atoms with Crippen LogP contribution in [0.5, 0.6) is 0 Å². The highest BCUT2D eigenvalue weighted by molar-refractivity contribution is 7.99. The Bertz CT molecular complexity index is 259. The van der Waals surface area contributed by atoms with Crippen molar-refractivity contribution in [2.24, 2.45) is 0 Å². The normalized spacial score (nSPS) is 19.6. The maximum atomic E-state index is 11.9. The molecule has 5 heteroatoms. The Kier molecular flexibility index (Phi) is 6.46. The Morgan fingerprint density at radius 2 is 1.94 bits per heavy atom. The monoisotopic (exact) mass is 273 g/mol. The number of nitrogens with zero attached hydrogens (tertiary/aromatic N) is 1. The molecule has 0 radical (unpaired) electrons. The summed E-state index contributed by atoms with van der Waals surface area (Å²) in [4.78, 5) is 14.3. The van der Waals surface area contributed by atoms with Crippen LogP contribution in [0.4, 0.5) is 0 Å². The van der Waals surface area contributed by atoms with E-state index in [1.165, 1.54) is 24.6 Å². The first-order chi connectivity index (χ1) is 8.38. The van der Waals surface area contributed by atoms with Crippen LogP contribution in [0.25, 0.3) is 0 Å². The molecule has 1 aliphatic rings. The summed E-state index contributed by atoms with van der Waals surface area (Å²) in [5, 5.41) is 6.28. The van der Waals surface area contributed by atoms with E-state index in [0.29, 0.717) is 0 Å². The third-order valence-corrected chi connectivity index (χ3v) is 3.82. The van der Waals surface area contributed by atoms with Crippen molar-refractivity contribution < 1.29 is 4.79 Å². The molecule has 0 aromatic heterocycles. The van der Waals surface area contributed by atoms with Gasteiger partial charge in [0.1, 0.15) is 0 Å². The van der Waals surface area contributed by atoms with Gasteiger partial charge in [-0.2, -0.15) is 11.8 Å². The largest absolute Gasteiger partial charge is 0.350 e. The number of nitrogens with one attached hydrogen (secondary N) is 2. The zero-order valence-corrected chi connectivity index (χ0v) is 12.9. The van der Waals surface area contributed by atoms with Crippen LogP contribution < -0.4 is 10.6 Å². The van der Waals surface area contributed by atoms with Gasteiger partial charge in [0.05, 0.1) is 6.04 Å². The van der Waals surface area contributed by atoms with E-state index < -0.39 is 0 Å². The van der Waals surface area contributed by atoms with Crippen molar-refractivity contribution in [3.63, 3.8) is 0 Å². The first-order valence-corrected chi connectivity index (χ1v) is 7.89. The van der Waals surface area contributed by atoms with Gasteiger partial charge in [0, 0.05) is 43.2 Å².